The van der Waals surface area contributed by atoms with Gasteiger partial charge < -0.3 is 5.32 Å². The van der Waals surface area contributed by atoms with Crippen LogP contribution in [-0.4, -0.2) is 18.4 Å². The molecule has 6 unspecified atom stereocenters. The molecular weight excluding hydrogens is 246 g/mol. The quantitative estimate of drug-likeness (QED) is 0.725. The standard InChI is InChI=1S/C18H29NO/c1-17-9-3-11-19-15(17)6-4-12-13-5-7-16(20)18(13,2)10-8-14(12)17/h12-15,19H,3-11H2,1-2H3/p+1. The topological polar surface area (TPSA) is 33.7 Å². The summed E-state index contributed by atoms with van der Waals surface area (Å²) in [5.74, 6) is 3.06. The fourth-order valence-electron chi connectivity index (χ4n) is 6.82. The molecule has 0 bridgehead atoms. The Balaban J connectivity index is 1.66. The molecule has 6 atom stereocenters. The molecule has 20 heavy (non-hydrogen) atoms. The average Bonchev–Trinajstić information content (AvgIpc) is 2.74. The van der Waals surface area contributed by atoms with Gasteiger partial charge in [0.2, 0.25) is 0 Å². The van der Waals surface area contributed by atoms with Crippen molar-refractivity contribution < 1.29 is 10.1 Å². The molecule has 0 aromatic rings. The number of carbonyl (C=O) groups is 1. The molecule has 0 aromatic carbocycles. The summed E-state index contributed by atoms with van der Waals surface area (Å²) in [6.07, 6.45) is 10.2. The highest BCUT2D eigenvalue weighted by atomic mass is 16.1. The number of rotatable bonds is 0. The van der Waals surface area contributed by atoms with Gasteiger partial charge >= 0.3 is 0 Å². The van der Waals surface area contributed by atoms with Crippen LogP contribution in [-0.2, 0) is 4.79 Å². The van der Waals surface area contributed by atoms with Gasteiger partial charge in [-0.2, -0.15) is 0 Å². The minimum Gasteiger partial charge on any atom is -0.343 e. The van der Waals surface area contributed by atoms with Gasteiger partial charge in [0, 0.05) is 23.7 Å². The maximum atomic E-state index is 12.4. The van der Waals surface area contributed by atoms with Crippen molar-refractivity contribution in [2.75, 3.05) is 6.54 Å². The maximum absolute atomic E-state index is 12.4. The molecule has 1 aliphatic heterocycles. The Labute approximate surface area is 123 Å². The van der Waals surface area contributed by atoms with Crippen molar-refractivity contribution in [3.63, 3.8) is 0 Å². The zero-order valence-electron chi connectivity index (χ0n) is 13.2. The Morgan fingerprint density at radius 2 is 1.90 bits per heavy atom. The number of ketones is 1. The van der Waals surface area contributed by atoms with Gasteiger partial charge in [-0.05, 0) is 56.3 Å². The van der Waals surface area contributed by atoms with E-state index < -0.39 is 0 Å². The second-order valence-corrected chi connectivity index (χ2v) is 8.61. The Kier molecular flexibility index (Phi) is 2.87. The van der Waals surface area contributed by atoms with Crippen molar-refractivity contribution in [1.29, 1.82) is 0 Å². The smallest absolute Gasteiger partial charge is 0.139 e. The summed E-state index contributed by atoms with van der Waals surface area (Å²) in [6.45, 7) is 6.23. The highest BCUT2D eigenvalue weighted by molar-refractivity contribution is 5.87. The molecule has 112 valence electrons. The number of nitrogens with two attached hydrogens (primary N) is 1. The van der Waals surface area contributed by atoms with E-state index in [2.05, 4.69) is 19.2 Å². The first kappa shape index (κ1) is 13.3. The van der Waals surface area contributed by atoms with E-state index in [-0.39, 0.29) is 5.41 Å². The summed E-state index contributed by atoms with van der Waals surface area (Å²) in [7, 11) is 0. The fraction of sp³-hybridized carbons (Fsp3) is 0.944. The van der Waals surface area contributed by atoms with Gasteiger partial charge in [-0.3, -0.25) is 4.79 Å². The van der Waals surface area contributed by atoms with Gasteiger partial charge in [0.15, 0.2) is 0 Å². The Hall–Kier alpha value is -0.370. The number of hydrogen-bond donors (Lipinski definition) is 1. The van der Waals surface area contributed by atoms with Crippen molar-refractivity contribution in [2.24, 2.45) is 28.6 Å². The van der Waals surface area contributed by atoms with Gasteiger partial charge in [0.05, 0.1) is 12.6 Å². The second-order valence-electron chi connectivity index (χ2n) is 8.61. The number of hydrogen-bond acceptors (Lipinski definition) is 1. The molecule has 3 saturated carbocycles. The third-order valence-corrected chi connectivity index (χ3v) is 8.02. The monoisotopic (exact) mass is 276 g/mol. The lowest BCUT2D eigenvalue weighted by Crippen LogP contribution is -2.96. The molecule has 2 nitrogen and oxygen atoms in total. The largest absolute Gasteiger partial charge is 0.343 e. The molecule has 0 amide bonds. The SMILES string of the molecule is CC12CCC3C(CCC4[NH2+]CCCC43C)C1CCC2=O. The molecule has 3 aliphatic carbocycles. The number of carbonyl (C=O) groups excluding carboxylic acids is 1. The molecule has 2 N–H and O–H groups in total. The van der Waals surface area contributed by atoms with Crippen LogP contribution in [0.5, 0.6) is 0 Å². The minimum atomic E-state index is 0.0583. The van der Waals surface area contributed by atoms with Crippen LogP contribution in [0.4, 0.5) is 0 Å². The lowest BCUT2D eigenvalue weighted by atomic mass is 9.48. The van der Waals surface area contributed by atoms with E-state index >= 15 is 0 Å². The summed E-state index contributed by atoms with van der Waals surface area (Å²) in [5.41, 5.74) is 0.622. The Morgan fingerprint density at radius 3 is 2.75 bits per heavy atom. The second kappa shape index (κ2) is 4.32. The predicted molar refractivity (Wildman–Crippen MR) is 79.2 cm³/mol. The van der Waals surface area contributed by atoms with Gasteiger partial charge in [0.1, 0.15) is 5.78 Å². The highest BCUT2D eigenvalue weighted by Crippen LogP contribution is 2.62. The molecule has 4 fully saturated rings. The summed E-state index contributed by atoms with van der Waals surface area (Å²) in [5, 5.41) is 2.65. The number of piperidine rings is 1. The summed E-state index contributed by atoms with van der Waals surface area (Å²) in [4.78, 5) is 12.4. The van der Waals surface area contributed by atoms with E-state index in [0.29, 0.717) is 17.1 Å². The third kappa shape index (κ3) is 1.58. The molecule has 1 heterocycles. The number of Topliss-reactive ketones (excluding diaryl/α,β-unsaturated/α-hetero) is 1. The van der Waals surface area contributed by atoms with Crippen LogP contribution in [0, 0.1) is 28.6 Å². The highest BCUT2D eigenvalue weighted by Gasteiger charge is 2.60. The first-order valence-corrected chi connectivity index (χ1v) is 8.92. The first-order chi connectivity index (χ1) is 9.56. The van der Waals surface area contributed by atoms with Crippen LogP contribution in [0.3, 0.4) is 0 Å². The number of quaternary nitrogens is 1. The molecule has 0 aromatic heterocycles. The minimum absolute atomic E-state index is 0.0583. The fourth-order valence-corrected chi connectivity index (χ4v) is 6.82. The van der Waals surface area contributed by atoms with Gasteiger partial charge in [-0.1, -0.05) is 13.8 Å². The maximum Gasteiger partial charge on any atom is 0.139 e. The first-order valence-electron chi connectivity index (χ1n) is 8.92. The Bertz CT molecular complexity index is 433. The van der Waals surface area contributed by atoms with E-state index in [9.17, 15) is 4.79 Å². The molecule has 4 aliphatic rings. The zero-order valence-corrected chi connectivity index (χ0v) is 13.2. The molecule has 4 rings (SSSR count). The van der Waals surface area contributed by atoms with Crippen LogP contribution >= 0.6 is 0 Å². The van der Waals surface area contributed by atoms with Crippen LogP contribution in [0.15, 0.2) is 0 Å². The zero-order chi connectivity index (χ0) is 14.0. The molecule has 0 radical (unpaired) electrons. The van der Waals surface area contributed by atoms with Crippen molar-refractivity contribution in [2.45, 2.75) is 71.3 Å². The van der Waals surface area contributed by atoms with Crippen LogP contribution in [0.2, 0.25) is 0 Å². The normalized spacial score (nSPS) is 55.0. The number of fused-ring (bicyclic) bond motifs is 5. The lowest BCUT2D eigenvalue weighted by molar-refractivity contribution is -0.718. The van der Waals surface area contributed by atoms with Gasteiger partial charge in [0.25, 0.3) is 0 Å². The summed E-state index contributed by atoms with van der Waals surface area (Å²) >= 11 is 0. The van der Waals surface area contributed by atoms with Gasteiger partial charge in [-0.25, -0.2) is 0 Å². The van der Waals surface area contributed by atoms with E-state index in [0.717, 1.165) is 24.3 Å². The van der Waals surface area contributed by atoms with Crippen LogP contribution < -0.4 is 5.32 Å². The van der Waals surface area contributed by atoms with Crippen molar-refractivity contribution >= 4 is 5.78 Å². The molecular formula is C18H30NO+. The van der Waals surface area contributed by atoms with Crippen molar-refractivity contribution in [1.82, 2.24) is 0 Å². The predicted octanol–water partition coefficient (Wildman–Crippen LogP) is 2.52. The molecule has 1 saturated heterocycles. The van der Waals surface area contributed by atoms with E-state index in [1.807, 2.05) is 0 Å². The molecule has 2 heteroatoms. The van der Waals surface area contributed by atoms with Crippen molar-refractivity contribution in [3.05, 3.63) is 0 Å². The van der Waals surface area contributed by atoms with Crippen LogP contribution in [0.25, 0.3) is 0 Å². The van der Waals surface area contributed by atoms with Crippen LogP contribution in [0.1, 0.15) is 65.2 Å². The van der Waals surface area contributed by atoms with E-state index in [1.54, 1.807) is 0 Å². The summed E-state index contributed by atoms with van der Waals surface area (Å²) < 4.78 is 0. The average molecular weight is 276 g/mol. The Morgan fingerprint density at radius 1 is 1.05 bits per heavy atom. The van der Waals surface area contributed by atoms with E-state index in [4.69, 9.17) is 0 Å². The molecule has 0 spiro atoms. The van der Waals surface area contributed by atoms with Crippen molar-refractivity contribution in [3.8, 4) is 0 Å². The van der Waals surface area contributed by atoms with E-state index in [1.165, 1.54) is 51.5 Å². The summed E-state index contributed by atoms with van der Waals surface area (Å²) in [6, 6.07) is 0.874. The lowest BCUT2D eigenvalue weighted by Gasteiger charge is -2.57. The third-order valence-electron chi connectivity index (χ3n) is 8.02. The van der Waals surface area contributed by atoms with Gasteiger partial charge in [-0.15, -0.1) is 0 Å².